The summed E-state index contributed by atoms with van der Waals surface area (Å²) in [5.41, 5.74) is 4.05. The first-order valence-corrected chi connectivity index (χ1v) is 4.09. The second-order valence-corrected chi connectivity index (χ2v) is 3.08. The van der Waals surface area contributed by atoms with Gasteiger partial charge in [0.1, 0.15) is 15.9 Å². The summed E-state index contributed by atoms with van der Waals surface area (Å²) in [5, 5.41) is -1.45. The first-order valence-electron chi connectivity index (χ1n) is 3.33. The lowest BCUT2D eigenvalue weighted by Crippen LogP contribution is -2.24. The van der Waals surface area contributed by atoms with Gasteiger partial charge in [0.25, 0.3) is 5.78 Å². The monoisotopic (exact) mass is 259 g/mol. The predicted molar refractivity (Wildman–Crippen MR) is 46.8 cm³/mol. The van der Waals surface area contributed by atoms with Crippen LogP contribution in [0.2, 0.25) is 10.3 Å². The molecule has 1 heterocycles. The van der Waals surface area contributed by atoms with Crippen molar-refractivity contribution in [1.29, 1.82) is 0 Å². The third-order valence-electron chi connectivity index (χ3n) is 1.32. The van der Waals surface area contributed by atoms with Gasteiger partial charge in [-0.3, -0.25) is 4.79 Å². The number of alkyl halides is 3. The maximum Gasteiger partial charge on any atom is 0.455 e. The quantitative estimate of drug-likeness (QED) is 0.620. The van der Waals surface area contributed by atoms with Crippen molar-refractivity contribution in [1.82, 2.24) is 9.97 Å². The number of hydrogen-bond acceptors (Lipinski definition) is 4. The zero-order valence-corrected chi connectivity index (χ0v) is 8.28. The van der Waals surface area contributed by atoms with E-state index in [9.17, 15) is 18.0 Å². The molecule has 82 valence electrons. The Morgan fingerprint density at radius 3 is 1.93 bits per heavy atom. The number of nitrogen functional groups attached to an aromatic ring is 1. The number of anilines is 1. The van der Waals surface area contributed by atoms with E-state index in [1.54, 1.807) is 0 Å². The van der Waals surface area contributed by atoms with Crippen molar-refractivity contribution >= 4 is 34.9 Å². The van der Waals surface area contributed by atoms with E-state index in [1.165, 1.54) is 0 Å². The number of aromatic nitrogens is 2. The van der Waals surface area contributed by atoms with Crippen molar-refractivity contribution in [3.63, 3.8) is 0 Å². The molecular formula is C6H2Cl2F3N3O. The third kappa shape index (κ3) is 2.48. The van der Waals surface area contributed by atoms with Gasteiger partial charge in [-0.2, -0.15) is 13.2 Å². The topological polar surface area (TPSA) is 68.9 Å². The molecule has 0 fully saturated rings. The molecule has 0 saturated carbocycles. The Labute approximate surface area is 91.2 Å². The van der Waals surface area contributed by atoms with Crippen molar-refractivity contribution in [3.05, 3.63) is 15.9 Å². The van der Waals surface area contributed by atoms with Gasteiger partial charge in [0.05, 0.1) is 0 Å². The molecule has 2 N–H and O–H groups in total. The summed E-state index contributed by atoms with van der Waals surface area (Å²) in [6.45, 7) is 0. The number of ketones is 1. The van der Waals surface area contributed by atoms with Crippen LogP contribution in [0.3, 0.4) is 0 Å². The van der Waals surface area contributed by atoms with E-state index in [-0.39, 0.29) is 0 Å². The molecule has 0 unspecified atom stereocenters. The van der Waals surface area contributed by atoms with E-state index in [2.05, 4.69) is 9.97 Å². The number of halogens is 5. The number of Topliss-reactive ketones (excluding diaryl/α,β-unsaturated/α-hetero) is 1. The van der Waals surface area contributed by atoms with Crippen LogP contribution in [0.1, 0.15) is 10.4 Å². The van der Waals surface area contributed by atoms with Crippen LogP contribution in [0, 0.1) is 0 Å². The van der Waals surface area contributed by atoms with E-state index in [1.807, 2.05) is 0 Å². The van der Waals surface area contributed by atoms with E-state index in [0.29, 0.717) is 0 Å². The Kier molecular flexibility index (Phi) is 3.05. The molecule has 0 radical (unpaired) electrons. The highest BCUT2D eigenvalue weighted by Gasteiger charge is 2.42. The molecule has 1 aromatic rings. The Balaban J connectivity index is 3.33. The van der Waals surface area contributed by atoms with Crippen molar-refractivity contribution in [2.45, 2.75) is 6.18 Å². The van der Waals surface area contributed by atoms with E-state index < -0.39 is 33.8 Å². The fourth-order valence-electron chi connectivity index (χ4n) is 0.752. The van der Waals surface area contributed by atoms with Gasteiger partial charge < -0.3 is 5.73 Å². The molecule has 0 aliphatic heterocycles. The number of rotatable bonds is 1. The zero-order chi connectivity index (χ0) is 11.8. The molecule has 15 heavy (non-hydrogen) atoms. The predicted octanol–water partition coefficient (Wildman–Crippen LogP) is 2.11. The molecule has 0 amide bonds. The first-order chi connectivity index (χ1) is 6.73. The molecule has 9 heteroatoms. The molecular weight excluding hydrogens is 258 g/mol. The van der Waals surface area contributed by atoms with Crippen LogP contribution in [-0.4, -0.2) is 21.9 Å². The molecule has 0 aliphatic carbocycles. The molecule has 0 spiro atoms. The summed E-state index contributed by atoms with van der Waals surface area (Å²) in [6, 6.07) is 0. The Bertz CT molecular complexity index is 398. The van der Waals surface area contributed by atoms with Crippen molar-refractivity contribution in [2.24, 2.45) is 0 Å². The number of carbonyl (C=O) groups excluding carboxylic acids is 1. The average Bonchev–Trinajstić information content (AvgIpc) is 1.99. The molecule has 0 atom stereocenters. The van der Waals surface area contributed by atoms with Gasteiger partial charge >= 0.3 is 6.18 Å². The van der Waals surface area contributed by atoms with Gasteiger partial charge in [0, 0.05) is 0 Å². The molecule has 1 rings (SSSR count). The Morgan fingerprint density at radius 1 is 1.20 bits per heavy atom. The Morgan fingerprint density at radius 2 is 1.60 bits per heavy atom. The minimum absolute atomic E-state index is 0.413. The van der Waals surface area contributed by atoms with Crippen LogP contribution in [0.5, 0.6) is 0 Å². The molecule has 0 bridgehead atoms. The third-order valence-corrected chi connectivity index (χ3v) is 1.87. The zero-order valence-electron chi connectivity index (χ0n) is 6.77. The smallest absolute Gasteiger partial charge is 0.368 e. The average molecular weight is 260 g/mol. The highest BCUT2D eigenvalue weighted by atomic mass is 35.5. The SMILES string of the molecule is Nc1nc(Cl)c(C(=O)C(F)(F)F)c(Cl)n1. The highest BCUT2D eigenvalue weighted by Crippen LogP contribution is 2.29. The van der Waals surface area contributed by atoms with E-state index in [0.717, 1.165) is 0 Å². The highest BCUT2D eigenvalue weighted by molar-refractivity contribution is 6.38. The van der Waals surface area contributed by atoms with Crippen LogP contribution < -0.4 is 5.73 Å². The maximum atomic E-state index is 12.0. The van der Waals surface area contributed by atoms with Crippen molar-refractivity contribution in [2.75, 3.05) is 5.73 Å². The number of nitrogens with two attached hydrogens (primary N) is 1. The largest absolute Gasteiger partial charge is 0.455 e. The number of carbonyl (C=O) groups is 1. The standard InChI is InChI=1S/C6H2Cl2F3N3O/c7-3-1(2(15)6(9,10)11)4(8)14-5(12)13-3/h(H2,12,13,14). The van der Waals surface area contributed by atoms with E-state index in [4.69, 9.17) is 28.9 Å². The normalized spacial score (nSPS) is 11.5. The summed E-state index contributed by atoms with van der Waals surface area (Å²) in [5.74, 6) is -2.62. The van der Waals surface area contributed by atoms with Gasteiger partial charge in [-0.25, -0.2) is 9.97 Å². The van der Waals surface area contributed by atoms with Gasteiger partial charge in [0.2, 0.25) is 5.95 Å². The van der Waals surface area contributed by atoms with Gasteiger partial charge in [-0.1, -0.05) is 23.2 Å². The summed E-state index contributed by atoms with van der Waals surface area (Å²) in [6.07, 6.45) is -5.09. The van der Waals surface area contributed by atoms with Crippen LogP contribution in [0.15, 0.2) is 0 Å². The van der Waals surface area contributed by atoms with Crippen molar-refractivity contribution in [3.8, 4) is 0 Å². The van der Waals surface area contributed by atoms with E-state index >= 15 is 0 Å². The van der Waals surface area contributed by atoms with Crippen LogP contribution in [0.25, 0.3) is 0 Å². The fraction of sp³-hybridized carbons (Fsp3) is 0.167. The molecule has 0 saturated heterocycles. The van der Waals surface area contributed by atoms with Crippen molar-refractivity contribution < 1.29 is 18.0 Å². The maximum absolute atomic E-state index is 12.0. The summed E-state index contributed by atoms with van der Waals surface area (Å²) in [4.78, 5) is 17.2. The minimum atomic E-state index is -5.09. The summed E-state index contributed by atoms with van der Waals surface area (Å²) < 4.78 is 36.1. The Hall–Kier alpha value is -1.08. The number of hydrogen-bond donors (Lipinski definition) is 1. The van der Waals surface area contributed by atoms with Crippen LogP contribution in [0.4, 0.5) is 19.1 Å². The summed E-state index contributed by atoms with van der Waals surface area (Å²) in [7, 11) is 0. The van der Waals surface area contributed by atoms with Gasteiger partial charge in [0.15, 0.2) is 0 Å². The molecule has 1 aromatic heterocycles. The minimum Gasteiger partial charge on any atom is -0.368 e. The van der Waals surface area contributed by atoms with Gasteiger partial charge in [-0.15, -0.1) is 0 Å². The number of nitrogens with zero attached hydrogens (tertiary/aromatic N) is 2. The second-order valence-electron chi connectivity index (χ2n) is 2.37. The lowest BCUT2D eigenvalue weighted by atomic mass is 10.2. The second kappa shape index (κ2) is 3.82. The van der Waals surface area contributed by atoms with Crippen LogP contribution in [-0.2, 0) is 0 Å². The lowest BCUT2D eigenvalue weighted by Gasteiger charge is -2.07. The first kappa shape index (κ1) is 12.0. The molecule has 0 aliphatic rings. The molecule has 0 aromatic carbocycles. The lowest BCUT2D eigenvalue weighted by molar-refractivity contribution is -0.0885. The fourth-order valence-corrected chi connectivity index (χ4v) is 1.32. The molecule has 4 nitrogen and oxygen atoms in total. The summed E-state index contributed by atoms with van der Waals surface area (Å²) >= 11 is 10.6. The van der Waals surface area contributed by atoms with Crippen LogP contribution >= 0.6 is 23.2 Å². The van der Waals surface area contributed by atoms with Gasteiger partial charge in [-0.05, 0) is 0 Å².